The maximum atomic E-state index is 5.33. The van der Waals surface area contributed by atoms with Crippen LogP contribution in [-0.2, 0) is 4.74 Å². The van der Waals surface area contributed by atoms with E-state index in [1.807, 2.05) is 30.4 Å². The molecule has 2 saturated heterocycles. The van der Waals surface area contributed by atoms with Crippen molar-refractivity contribution in [3.8, 4) is 0 Å². The van der Waals surface area contributed by atoms with Crippen molar-refractivity contribution < 1.29 is 4.74 Å². The Morgan fingerprint density at radius 1 is 0.406 bits per heavy atom. The molecule has 0 amide bonds. The minimum atomic E-state index is 0.631. The fourth-order valence-corrected chi connectivity index (χ4v) is 6.74. The van der Waals surface area contributed by atoms with Gasteiger partial charge in [0, 0.05) is 26.2 Å². The van der Waals surface area contributed by atoms with Crippen molar-refractivity contribution in [3.63, 3.8) is 0 Å². The van der Waals surface area contributed by atoms with Gasteiger partial charge in [-0.2, -0.15) is 0 Å². The summed E-state index contributed by atoms with van der Waals surface area (Å²) in [6, 6.07) is 0. The van der Waals surface area contributed by atoms with Crippen LogP contribution in [-0.4, -0.2) is 62.3 Å². The first-order chi connectivity index (χ1) is 30.5. The Morgan fingerprint density at radius 2 is 0.641 bits per heavy atom. The maximum Gasteiger partial charge on any atom is 0.0594 e. The highest BCUT2D eigenvalue weighted by Gasteiger charge is 2.10. The highest BCUT2D eigenvalue weighted by Crippen LogP contribution is 2.16. The van der Waals surface area contributed by atoms with Gasteiger partial charge in [-0.3, -0.25) is 9.80 Å². The quantitative estimate of drug-likeness (QED) is 0.0765. The van der Waals surface area contributed by atoms with Gasteiger partial charge in [0.15, 0.2) is 0 Å². The van der Waals surface area contributed by atoms with Crippen LogP contribution in [0.3, 0.4) is 0 Å². The lowest BCUT2D eigenvalue weighted by atomic mass is 10.0. The van der Waals surface area contributed by atoms with Gasteiger partial charge in [-0.1, -0.05) is 144 Å². The normalized spacial score (nSPS) is 17.5. The van der Waals surface area contributed by atoms with Crippen LogP contribution in [0.25, 0.3) is 0 Å². The van der Waals surface area contributed by atoms with Gasteiger partial charge in [-0.15, -0.1) is 32.9 Å². The molecule has 0 aliphatic carbocycles. The Labute approximate surface area is 402 Å². The Kier molecular flexibility index (Phi) is 47.9. The third-order valence-electron chi connectivity index (χ3n) is 12.3. The Morgan fingerprint density at radius 3 is 0.875 bits per heavy atom. The van der Waals surface area contributed by atoms with E-state index < -0.39 is 0 Å². The molecule has 2 aliphatic heterocycles. The average molecular weight is 888 g/mol. The number of nitrogens with zero attached hydrogens (tertiary/aromatic N) is 2. The lowest BCUT2D eigenvalue weighted by Gasteiger charge is -2.25. The summed E-state index contributed by atoms with van der Waals surface area (Å²) in [5.74, 6) is 3.27. The van der Waals surface area contributed by atoms with Gasteiger partial charge in [-0.25, -0.2) is 0 Å². The number of allylic oxidation sites excluding steroid dienone is 13. The summed E-state index contributed by atoms with van der Waals surface area (Å²) in [4.78, 5) is 4.99. The number of hydrogen-bond donors (Lipinski definition) is 0. The third kappa shape index (κ3) is 45.8. The average Bonchev–Trinajstić information content (AvgIpc) is 3.84. The molecular formula is C61H110N2O. The molecule has 0 bridgehead atoms. The second-order valence-electron chi connectivity index (χ2n) is 19.2. The van der Waals surface area contributed by atoms with Crippen LogP contribution in [0.4, 0.5) is 0 Å². The molecule has 0 aromatic heterocycles. The molecule has 0 saturated carbocycles. The lowest BCUT2D eigenvalue weighted by Crippen LogP contribution is -2.36. The van der Waals surface area contributed by atoms with Crippen molar-refractivity contribution in [3.05, 3.63) is 122 Å². The summed E-state index contributed by atoms with van der Waals surface area (Å²) >= 11 is 0. The molecule has 2 fully saturated rings. The van der Waals surface area contributed by atoms with E-state index in [0.717, 1.165) is 58.7 Å². The lowest BCUT2D eigenvalue weighted by molar-refractivity contribution is 0.0433. The van der Waals surface area contributed by atoms with Crippen LogP contribution in [0, 0.1) is 29.6 Å². The largest absolute Gasteiger partial charge is 0.379 e. The van der Waals surface area contributed by atoms with Crippen molar-refractivity contribution in [2.75, 3.05) is 52.5 Å². The zero-order valence-electron chi connectivity index (χ0n) is 45.3. The predicted octanol–water partition coefficient (Wildman–Crippen LogP) is 18.3. The SMILES string of the molecule is C=CC(C)CC/C(C)=C/CC.C=CC(C)CC/C(C)=C/CC.C=CC(C)CC/C(C)=C/CC.C=CC(C)CC/C(C)=C/CN1CCCC1.C=CC(C)CC/C(C)=C/CN1CCOCC1. The molecule has 5 atom stereocenters. The van der Waals surface area contributed by atoms with Gasteiger partial charge in [0.25, 0.3) is 0 Å². The van der Waals surface area contributed by atoms with Gasteiger partial charge in [0.2, 0.25) is 0 Å². The molecule has 0 spiro atoms. The molecule has 2 heterocycles. The van der Waals surface area contributed by atoms with Crippen LogP contribution in [0.1, 0.15) is 186 Å². The molecule has 2 aliphatic rings. The zero-order chi connectivity index (χ0) is 49.0. The minimum absolute atomic E-state index is 0.631. The smallest absolute Gasteiger partial charge is 0.0594 e. The minimum Gasteiger partial charge on any atom is -0.379 e. The fourth-order valence-electron chi connectivity index (χ4n) is 6.74. The maximum absolute atomic E-state index is 5.33. The van der Waals surface area contributed by atoms with Crippen molar-refractivity contribution >= 4 is 0 Å². The van der Waals surface area contributed by atoms with E-state index in [2.05, 4.69) is 163 Å². The van der Waals surface area contributed by atoms with Gasteiger partial charge >= 0.3 is 0 Å². The van der Waals surface area contributed by atoms with E-state index in [1.54, 1.807) is 0 Å². The van der Waals surface area contributed by atoms with Crippen LogP contribution in [0.5, 0.6) is 0 Å². The zero-order valence-corrected chi connectivity index (χ0v) is 45.3. The van der Waals surface area contributed by atoms with E-state index in [1.165, 1.54) is 118 Å². The summed E-state index contributed by atoms with van der Waals surface area (Å²) in [5.41, 5.74) is 7.58. The summed E-state index contributed by atoms with van der Waals surface area (Å²) in [6.45, 7) is 56.5. The number of rotatable bonds is 27. The third-order valence-corrected chi connectivity index (χ3v) is 12.3. The molecule has 0 N–H and O–H groups in total. The molecule has 0 aromatic carbocycles. The summed E-state index contributed by atoms with van der Waals surface area (Å²) in [6.07, 6.45) is 40.4. The number of hydrogen-bond acceptors (Lipinski definition) is 3. The summed E-state index contributed by atoms with van der Waals surface area (Å²) < 4.78 is 5.33. The molecule has 3 heteroatoms. The Bertz CT molecular complexity index is 1220. The molecule has 0 aromatic rings. The topological polar surface area (TPSA) is 15.7 Å². The standard InChI is InChI=1S/C14H25NO.C14H25N.3C11H20/c1-4-13(2)5-6-14(3)7-8-15-9-11-16-12-10-15;1-4-13(2)7-8-14(3)9-12-15-10-5-6-11-15;3*1-5-7-11(4)9-8-10(3)6-2/h4,7,13H,1,5-6,8-12H2,2-3H3;4,9,13H,1,5-8,10-12H2,2-3H3;3*6-7,10H,2,5,8-9H2,1,3-4H3/b14-7+;14-9+;3*11-7+. The van der Waals surface area contributed by atoms with Crippen molar-refractivity contribution in [2.24, 2.45) is 29.6 Å². The summed E-state index contributed by atoms with van der Waals surface area (Å²) in [7, 11) is 0. The van der Waals surface area contributed by atoms with Crippen molar-refractivity contribution in [2.45, 2.75) is 186 Å². The number of morpholine rings is 1. The molecule has 3 nitrogen and oxygen atoms in total. The van der Waals surface area contributed by atoms with Crippen LogP contribution in [0.15, 0.2) is 122 Å². The molecular weight excluding hydrogens is 777 g/mol. The first kappa shape index (κ1) is 65.6. The highest BCUT2D eigenvalue weighted by atomic mass is 16.5. The fraction of sp³-hybridized carbons (Fsp3) is 0.672. The van der Waals surface area contributed by atoms with E-state index in [4.69, 9.17) is 4.74 Å². The first-order valence-corrected chi connectivity index (χ1v) is 26.0. The Balaban J connectivity index is -0.000000735. The van der Waals surface area contributed by atoms with Crippen molar-refractivity contribution in [1.82, 2.24) is 9.80 Å². The second-order valence-corrected chi connectivity index (χ2v) is 19.2. The van der Waals surface area contributed by atoms with Crippen LogP contribution >= 0.6 is 0 Å². The molecule has 64 heavy (non-hydrogen) atoms. The van der Waals surface area contributed by atoms with E-state index >= 15 is 0 Å². The van der Waals surface area contributed by atoms with Gasteiger partial charge < -0.3 is 4.74 Å². The van der Waals surface area contributed by atoms with Gasteiger partial charge in [-0.05, 0) is 174 Å². The van der Waals surface area contributed by atoms with E-state index in [-0.39, 0.29) is 0 Å². The molecule has 2 rings (SSSR count). The second kappa shape index (κ2) is 46.8. The predicted molar refractivity (Wildman–Crippen MR) is 296 cm³/mol. The molecule has 370 valence electrons. The summed E-state index contributed by atoms with van der Waals surface area (Å²) in [5, 5.41) is 0. The monoisotopic (exact) mass is 887 g/mol. The highest BCUT2D eigenvalue weighted by molar-refractivity contribution is 5.02. The van der Waals surface area contributed by atoms with E-state index in [9.17, 15) is 0 Å². The van der Waals surface area contributed by atoms with Crippen molar-refractivity contribution in [1.29, 1.82) is 0 Å². The van der Waals surface area contributed by atoms with Gasteiger partial charge in [0.05, 0.1) is 13.2 Å². The number of ether oxygens (including phenoxy) is 1. The van der Waals surface area contributed by atoms with Gasteiger partial charge in [0.1, 0.15) is 0 Å². The number of likely N-dealkylation sites (tertiary alicyclic amines) is 1. The molecule has 5 unspecified atom stereocenters. The molecule has 0 radical (unpaired) electrons. The first-order valence-electron chi connectivity index (χ1n) is 26.0. The Hall–Kier alpha value is -2.72. The van der Waals surface area contributed by atoms with Crippen LogP contribution < -0.4 is 0 Å². The van der Waals surface area contributed by atoms with Crippen LogP contribution in [0.2, 0.25) is 0 Å². The van der Waals surface area contributed by atoms with E-state index in [0.29, 0.717) is 29.6 Å².